The summed E-state index contributed by atoms with van der Waals surface area (Å²) in [6, 6.07) is 0.276. The van der Waals surface area contributed by atoms with Gasteiger partial charge in [0.2, 0.25) is 0 Å². The van der Waals surface area contributed by atoms with Crippen LogP contribution in [0.15, 0.2) is 31.0 Å². The lowest BCUT2D eigenvalue weighted by Gasteiger charge is -2.32. The molecular formula is C17H22N6O2. The molecule has 2 aliphatic heterocycles. The van der Waals surface area contributed by atoms with Crippen LogP contribution in [0.3, 0.4) is 0 Å². The zero-order chi connectivity index (χ0) is 17.2. The third-order valence-electron chi connectivity index (χ3n) is 4.89. The highest BCUT2D eigenvalue weighted by Crippen LogP contribution is 2.30. The Labute approximate surface area is 146 Å². The van der Waals surface area contributed by atoms with Gasteiger partial charge in [0.15, 0.2) is 0 Å². The van der Waals surface area contributed by atoms with E-state index in [-0.39, 0.29) is 18.1 Å². The number of ether oxygens (including phenoxy) is 1. The van der Waals surface area contributed by atoms with E-state index in [9.17, 15) is 4.79 Å². The molecule has 0 aromatic carbocycles. The van der Waals surface area contributed by atoms with Gasteiger partial charge in [-0.1, -0.05) is 0 Å². The number of rotatable bonds is 4. The molecule has 2 aromatic heterocycles. The lowest BCUT2D eigenvalue weighted by atomic mass is 10.0. The largest absolute Gasteiger partial charge is 0.374 e. The summed E-state index contributed by atoms with van der Waals surface area (Å²) < 4.78 is 7.82. The lowest BCUT2D eigenvalue weighted by Crippen LogP contribution is -2.47. The Morgan fingerprint density at radius 1 is 1.40 bits per heavy atom. The summed E-state index contributed by atoms with van der Waals surface area (Å²) in [5.74, 6) is -0.200. The second-order valence-corrected chi connectivity index (χ2v) is 6.67. The molecule has 8 nitrogen and oxygen atoms in total. The third kappa shape index (κ3) is 3.40. The van der Waals surface area contributed by atoms with Crippen molar-refractivity contribution in [2.24, 2.45) is 7.05 Å². The highest BCUT2D eigenvalue weighted by Gasteiger charge is 2.44. The molecule has 0 aliphatic carbocycles. The predicted molar refractivity (Wildman–Crippen MR) is 89.7 cm³/mol. The van der Waals surface area contributed by atoms with Crippen molar-refractivity contribution in [3.05, 3.63) is 42.2 Å². The molecule has 2 aromatic rings. The summed E-state index contributed by atoms with van der Waals surface area (Å²) >= 11 is 0. The Kier molecular flexibility index (Phi) is 4.46. The van der Waals surface area contributed by atoms with Crippen LogP contribution in [0.5, 0.6) is 0 Å². The van der Waals surface area contributed by atoms with E-state index in [1.165, 1.54) is 18.0 Å². The molecule has 0 unspecified atom stereocenters. The lowest BCUT2D eigenvalue weighted by molar-refractivity contribution is -0.0211. The fourth-order valence-electron chi connectivity index (χ4n) is 3.81. The van der Waals surface area contributed by atoms with E-state index in [1.807, 2.05) is 24.1 Å². The van der Waals surface area contributed by atoms with Crippen molar-refractivity contribution in [2.45, 2.75) is 37.6 Å². The van der Waals surface area contributed by atoms with Gasteiger partial charge in [-0.05, 0) is 12.8 Å². The number of carbonyl (C=O) groups excluding carboxylic acids is 1. The molecule has 4 heterocycles. The molecule has 8 heteroatoms. The average molecular weight is 342 g/mol. The number of hydrogen-bond acceptors (Lipinski definition) is 6. The first-order chi connectivity index (χ1) is 12.2. The third-order valence-corrected chi connectivity index (χ3v) is 4.89. The molecule has 2 saturated heterocycles. The maximum atomic E-state index is 12.4. The quantitative estimate of drug-likeness (QED) is 0.864. The zero-order valence-electron chi connectivity index (χ0n) is 14.2. The summed E-state index contributed by atoms with van der Waals surface area (Å²) in [5, 5.41) is 7.33. The van der Waals surface area contributed by atoms with E-state index in [4.69, 9.17) is 4.74 Å². The van der Waals surface area contributed by atoms with Crippen molar-refractivity contribution >= 4 is 5.91 Å². The van der Waals surface area contributed by atoms with Crippen molar-refractivity contribution in [1.29, 1.82) is 0 Å². The molecule has 25 heavy (non-hydrogen) atoms. The van der Waals surface area contributed by atoms with Gasteiger partial charge in [0, 0.05) is 56.9 Å². The van der Waals surface area contributed by atoms with E-state index < -0.39 is 0 Å². The first-order valence-corrected chi connectivity index (χ1v) is 8.61. The molecule has 0 saturated carbocycles. The first kappa shape index (κ1) is 16.2. The molecule has 2 fully saturated rings. The van der Waals surface area contributed by atoms with Crippen LogP contribution in [0.2, 0.25) is 0 Å². The Bertz CT molecular complexity index is 734. The Morgan fingerprint density at radius 3 is 3.08 bits per heavy atom. The zero-order valence-corrected chi connectivity index (χ0v) is 14.2. The van der Waals surface area contributed by atoms with Crippen LogP contribution in [0.4, 0.5) is 0 Å². The molecule has 1 amide bonds. The number of nitrogens with zero attached hydrogens (tertiary/aromatic N) is 5. The molecule has 0 spiro atoms. The molecule has 132 valence electrons. The standard InChI is InChI=1S/C17H22N6O2/c1-22-9-12(7-20-22)10-23-11-14(16-15(23)3-2-6-25-16)21-17(24)13-8-18-4-5-19-13/h4-5,7-9,14-16H,2-3,6,10-11H2,1H3,(H,21,24)/t14-,15-,16-/m1/s1. The minimum Gasteiger partial charge on any atom is -0.374 e. The van der Waals surface area contributed by atoms with Gasteiger partial charge >= 0.3 is 0 Å². The van der Waals surface area contributed by atoms with Crippen LogP contribution in [0.1, 0.15) is 28.9 Å². The summed E-state index contributed by atoms with van der Waals surface area (Å²) in [5.41, 5.74) is 1.51. The maximum absolute atomic E-state index is 12.4. The van der Waals surface area contributed by atoms with E-state index in [0.717, 1.165) is 32.5 Å². The highest BCUT2D eigenvalue weighted by molar-refractivity contribution is 5.92. The number of hydrogen-bond donors (Lipinski definition) is 1. The Hall–Kier alpha value is -2.32. The van der Waals surface area contributed by atoms with Gasteiger partial charge < -0.3 is 10.1 Å². The monoisotopic (exact) mass is 342 g/mol. The van der Waals surface area contributed by atoms with Crippen LogP contribution in [-0.4, -0.2) is 61.9 Å². The van der Waals surface area contributed by atoms with Crippen molar-refractivity contribution in [3.63, 3.8) is 0 Å². The average Bonchev–Trinajstić information content (AvgIpc) is 3.20. The van der Waals surface area contributed by atoms with Crippen LogP contribution < -0.4 is 5.32 Å². The van der Waals surface area contributed by atoms with E-state index in [2.05, 4.69) is 25.3 Å². The summed E-state index contributed by atoms with van der Waals surface area (Å²) in [6.45, 7) is 2.32. The highest BCUT2D eigenvalue weighted by atomic mass is 16.5. The van der Waals surface area contributed by atoms with Crippen LogP contribution >= 0.6 is 0 Å². The number of likely N-dealkylation sites (tertiary alicyclic amines) is 1. The molecular weight excluding hydrogens is 320 g/mol. The van der Waals surface area contributed by atoms with Gasteiger partial charge in [-0.3, -0.25) is 19.4 Å². The molecule has 4 rings (SSSR count). The number of aryl methyl sites for hydroxylation is 1. The number of amides is 1. The fraction of sp³-hybridized carbons (Fsp3) is 0.529. The van der Waals surface area contributed by atoms with E-state index in [0.29, 0.717) is 11.7 Å². The van der Waals surface area contributed by atoms with Crippen molar-refractivity contribution < 1.29 is 9.53 Å². The van der Waals surface area contributed by atoms with Crippen LogP contribution in [0, 0.1) is 0 Å². The predicted octanol–water partition coefficient (Wildman–Crippen LogP) is 0.372. The van der Waals surface area contributed by atoms with Crippen molar-refractivity contribution in [1.82, 2.24) is 30.0 Å². The molecule has 0 bridgehead atoms. The van der Waals surface area contributed by atoms with Crippen LogP contribution in [0.25, 0.3) is 0 Å². The van der Waals surface area contributed by atoms with Gasteiger partial charge in [-0.25, -0.2) is 4.98 Å². The number of nitrogens with one attached hydrogen (secondary N) is 1. The molecule has 3 atom stereocenters. The minimum absolute atomic E-state index is 0.0195. The number of aromatic nitrogens is 4. The maximum Gasteiger partial charge on any atom is 0.271 e. The van der Waals surface area contributed by atoms with Gasteiger partial charge in [0.25, 0.3) is 5.91 Å². The van der Waals surface area contributed by atoms with Gasteiger partial charge in [0.05, 0.1) is 24.5 Å². The second-order valence-electron chi connectivity index (χ2n) is 6.67. The fourth-order valence-corrected chi connectivity index (χ4v) is 3.81. The Balaban J connectivity index is 1.47. The Morgan fingerprint density at radius 2 is 2.32 bits per heavy atom. The topological polar surface area (TPSA) is 85.2 Å². The summed E-state index contributed by atoms with van der Waals surface area (Å²) in [4.78, 5) is 22.9. The van der Waals surface area contributed by atoms with E-state index >= 15 is 0 Å². The summed E-state index contributed by atoms with van der Waals surface area (Å²) in [6.07, 6.45) is 10.6. The second kappa shape index (κ2) is 6.89. The molecule has 2 aliphatic rings. The first-order valence-electron chi connectivity index (χ1n) is 8.61. The molecule has 1 N–H and O–H groups in total. The van der Waals surface area contributed by atoms with Gasteiger partial charge in [0.1, 0.15) is 5.69 Å². The van der Waals surface area contributed by atoms with Crippen LogP contribution in [-0.2, 0) is 18.3 Å². The number of carbonyl (C=O) groups is 1. The van der Waals surface area contributed by atoms with Gasteiger partial charge in [-0.15, -0.1) is 0 Å². The SMILES string of the molecule is Cn1cc(CN2C[C@@H](NC(=O)c3cnccn3)[C@H]3OCCC[C@H]32)cn1. The number of fused-ring (bicyclic) bond motifs is 1. The smallest absolute Gasteiger partial charge is 0.271 e. The molecule has 0 radical (unpaired) electrons. The summed E-state index contributed by atoms with van der Waals surface area (Å²) in [7, 11) is 1.92. The van der Waals surface area contributed by atoms with Crippen molar-refractivity contribution in [2.75, 3.05) is 13.2 Å². The minimum atomic E-state index is -0.200. The van der Waals surface area contributed by atoms with E-state index in [1.54, 1.807) is 6.20 Å². The normalized spacial score (nSPS) is 26.4. The van der Waals surface area contributed by atoms with Crippen molar-refractivity contribution in [3.8, 4) is 0 Å². The van der Waals surface area contributed by atoms with Gasteiger partial charge in [-0.2, -0.15) is 5.10 Å².